The number of benzene rings is 1. The Hall–Kier alpha value is -0.560. The summed E-state index contributed by atoms with van der Waals surface area (Å²) in [6.07, 6.45) is 3.45. The fourth-order valence-electron chi connectivity index (χ4n) is 2.24. The third kappa shape index (κ3) is 4.48. The first-order chi connectivity index (χ1) is 9.62. The Labute approximate surface area is 125 Å². The highest BCUT2D eigenvalue weighted by Crippen LogP contribution is 2.19. The van der Waals surface area contributed by atoms with Crippen LogP contribution in [0.3, 0.4) is 0 Å². The van der Waals surface area contributed by atoms with E-state index in [0.29, 0.717) is 11.3 Å². The van der Waals surface area contributed by atoms with Gasteiger partial charge in [-0.1, -0.05) is 12.1 Å². The SMILES string of the molecule is O=S(=O)(NC1CCCSC1)c1ccc(CCCO)cc1. The zero-order valence-corrected chi connectivity index (χ0v) is 13.0. The van der Waals surface area contributed by atoms with Crippen LogP contribution in [0.2, 0.25) is 0 Å². The average Bonchev–Trinajstić information content (AvgIpc) is 2.46. The standard InChI is InChI=1S/C14H21NO3S2/c16-9-1-3-12-5-7-14(8-6-12)20(17,18)15-13-4-2-10-19-11-13/h5-8,13,15-16H,1-4,9-11H2. The van der Waals surface area contributed by atoms with Crippen molar-refractivity contribution >= 4 is 21.8 Å². The monoisotopic (exact) mass is 315 g/mol. The molecule has 0 spiro atoms. The van der Waals surface area contributed by atoms with E-state index < -0.39 is 10.0 Å². The molecule has 1 atom stereocenters. The Balaban J connectivity index is 2.01. The van der Waals surface area contributed by atoms with Crippen LogP contribution in [0, 0.1) is 0 Å². The minimum atomic E-state index is -3.41. The van der Waals surface area contributed by atoms with E-state index >= 15 is 0 Å². The van der Waals surface area contributed by atoms with Crippen molar-refractivity contribution in [1.29, 1.82) is 0 Å². The number of nitrogens with one attached hydrogen (secondary N) is 1. The highest BCUT2D eigenvalue weighted by atomic mass is 32.2. The van der Waals surface area contributed by atoms with Crippen molar-refractivity contribution in [2.24, 2.45) is 0 Å². The molecule has 1 aromatic carbocycles. The number of sulfonamides is 1. The van der Waals surface area contributed by atoms with Gasteiger partial charge in [0.15, 0.2) is 0 Å². The summed E-state index contributed by atoms with van der Waals surface area (Å²) in [5.41, 5.74) is 1.05. The summed E-state index contributed by atoms with van der Waals surface area (Å²) in [7, 11) is -3.41. The van der Waals surface area contributed by atoms with Crippen molar-refractivity contribution < 1.29 is 13.5 Å². The normalized spacial score (nSPS) is 19.9. The molecule has 20 heavy (non-hydrogen) atoms. The quantitative estimate of drug-likeness (QED) is 0.840. The fraction of sp³-hybridized carbons (Fsp3) is 0.571. The smallest absolute Gasteiger partial charge is 0.240 e. The fourth-order valence-corrected chi connectivity index (χ4v) is 4.69. The molecule has 112 valence electrons. The van der Waals surface area contributed by atoms with E-state index in [-0.39, 0.29) is 12.6 Å². The molecular formula is C14H21NO3S2. The molecule has 0 aliphatic carbocycles. The lowest BCUT2D eigenvalue weighted by Crippen LogP contribution is -2.38. The van der Waals surface area contributed by atoms with Gasteiger partial charge in [-0.25, -0.2) is 13.1 Å². The van der Waals surface area contributed by atoms with Crippen LogP contribution in [0.4, 0.5) is 0 Å². The molecule has 0 bridgehead atoms. The van der Waals surface area contributed by atoms with Gasteiger partial charge in [-0.2, -0.15) is 11.8 Å². The molecular weight excluding hydrogens is 294 g/mol. The van der Waals surface area contributed by atoms with Crippen LogP contribution in [-0.2, 0) is 16.4 Å². The Bertz CT molecular complexity index is 508. The van der Waals surface area contributed by atoms with Gasteiger partial charge in [0, 0.05) is 18.4 Å². The highest BCUT2D eigenvalue weighted by molar-refractivity contribution is 7.99. The minimum Gasteiger partial charge on any atom is -0.396 e. The highest BCUT2D eigenvalue weighted by Gasteiger charge is 2.21. The van der Waals surface area contributed by atoms with Crippen LogP contribution in [0.15, 0.2) is 29.2 Å². The second-order valence-electron chi connectivity index (χ2n) is 5.01. The van der Waals surface area contributed by atoms with Gasteiger partial charge < -0.3 is 5.11 Å². The number of thioether (sulfide) groups is 1. The summed E-state index contributed by atoms with van der Waals surface area (Å²) in [6, 6.07) is 6.98. The second-order valence-corrected chi connectivity index (χ2v) is 7.87. The minimum absolute atomic E-state index is 0.0489. The second kappa shape index (κ2) is 7.45. The van der Waals surface area contributed by atoms with E-state index in [1.165, 1.54) is 0 Å². The number of aliphatic hydroxyl groups is 1. The van der Waals surface area contributed by atoms with Crippen molar-refractivity contribution in [2.75, 3.05) is 18.1 Å². The Morgan fingerprint density at radius 3 is 2.65 bits per heavy atom. The van der Waals surface area contributed by atoms with Crippen molar-refractivity contribution in [1.82, 2.24) is 4.72 Å². The van der Waals surface area contributed by atoms with Gasteiger partial charge in [0.05, 0.1) is 4.90 Å². The van der Waals surface area contributed by atoms with Crippen molar-refractivity contribution in [2.45, 2.75) is 36.6 Å². The molecule has 1 heterocycles. The molecule has 1 aliphatic heterocycles. The first-order valence-electron chi connectivity index (χ1n) is 6.92. The molecule has 0 saturated carbocycles. The number of aliphatic hydroxyl groups excluding tert-OH is 1. The van der Waals surface area contributed by atoms with E-state index in [2.05, 4.69) is 4.72 Å². The molecule has 2 rings (SSSR count). The van der Waals surface area contributed by atoms with E-state index in [9.17, 15) is 8.42 Å². The maximum Gasteiger partial charge on any atom is 0.240 e. The van der Waals surface area contributed by atoms with Crippen molar-refractivity contribution in [3.05, 3.63) is 29.8 Å². The summed E-state index contributed by atoms with van der Waals surface area (Å²) in [5, 5.41) is 8.79. The first kappa shape index (κ1) is 15.8. The number of hydrogen-bond donors (Lipinski definition) is 2. The lowest BCUT2D eigenvalue weighted by molar-refractivity contribution is 0.288. The first-order valence-corrected chi connectivity index (χ1v) is 9.55. The van der Waals surface area contributed by atoms with Gasteiger partial charge >= 0.3 is 0 Å². The van der Waals surface area contributed by atoms with Crippen molar-refractivity contribution in [3.63, 3.8) is 0 Å². The number of rotatable bonds is 6. The van der Waals surface area contributed by atoms with Gasteiger partial charge in [0.2, 0.25) is 10.0 Å². The summed E-state index contributed by atoms with van der Waals surface area (Å²) in [5.74, 6) is 1.98. The lowest BCUT2D eigenvalue weighted by Gasteiger charge is -2.22. The third-order valence-corrected chi connectivity index (χ3v) is 6.09. The lowest BCUT2D eigenvalue weighted by atomic mass is 10.1. The average molecular weight is 315 g/mol. The summed E-state index contributed by atoms with van der Waals surface area (Å²) in [4.78, 5) is 0.320. The maximum atomic E-state index is 12.3. The zero-order chi connectivity index (χ0) is 14.4. The molecule has 1 aliphatic rings. The van der Waals surface area contributed by atoms with Gasteiger partial charge in [-0.05, 0) is 49.1 Å². The van der Waals surface area contributed by atoms with Gasteiger partial charge in [0.1, 0.15) is 0 Å². The molecule has 6 heteroatoms. The van der Waals surface area contributed by atoms with Gasteiger partial charge in [-0.3, -0.25) is 0 Å². The van der Waals surface area contributed by atoms with Gasteiger partial charge in [-0.15, -0.1) is 0 Å². The van der Waals surface area contributed by atoms with Crippen LogP contribution >= 0.6 is 11.8 Å². The molecule has 0 amide bonds. The van der Waals surface area contributed by atoms with E-state index in [1.807, 2.05) is 12.1 Å². The molecule has 1 unspecified atom stereocenters. The maximum absolute atomic E-state index is 12.3. The molecule has 2 N–H and O–H groups in total. The van der Waals surface area contributed by atoms with Crippen LogP contribution in [0.25, 0.3) is 0 Å². The number of aryl methyl sites for hydroxylation is 1. The summed E-state index contributed by atoms with van der Waals surface area (Å²) in [6.45, 7) is 0.154. The Morgan fingerprint density at radius 2 is 2.05 bits per heavy atom. The summed E-state index contributed by atoms with van der Waals surface area (Å²) >= 11 is 1.80. The third-order valence-electron chi connectivity index (χ3n) is 3.34. The molecule has 4 nitrogen and oxygen atoms in total. The summed E-state index contributed by atoms with van der Waals surface area (Å²) < 4.78 is 27.3. The van der Waals surface area contributed by atoms with Crippen molar-refractivity contribution in [3.8, 4) is 0 Å². The molecule has 1 aromatic rings. The van der Waals surface area contributed by atoms with E-state index in [0.717, 1.165) is 36.3 Å². The van der Waals surface area contributed by atoms with Crippen LogP contribution in [0.1, 0.15) is 24.8 Å². The molecule has 1 fully saturated rings. The van der Waals surface area contributed by atoms with Crippen LogP contribution in [-0.4, -0.2) is 37.7 Å². The molecule has 1 saturated heterocycles. The molecule has 0 aromatic heterocycles. The van der Waals surface area contributed by atoms with Crippen LogP contribution in [0.5, 0.6) is 0 Å². The largest absolute Gasteiger partial charge is 0.396 e. The van der Waals surface area contributed by atoms with E-state index in [1.54, 1.807) is 23.9 Å². The number of hydrogen-bond acceptors (Lipinski definition) is 4. The topological polar surface area (TPSA) is 66.4 Å². The zero-order valence-electron chi connectivity index (χ0n) is 11.4. The Kier molecular flexibility index (Phi) is 5.89. The predicted molar refractivity (Wildman–Crippen MR) is 82.5 cm³/mol. The predicted octanol–water partition coefficient (Wildman–Crippen LogP) is 1.79. The van der Waals surface area contributed by atoms with Gasteiger partial charge in [0.25, 0.3) is 0 Å². The molecule has 0 radical (unpaired) electrons. The van der Waals surface area contributed by atoms with Crippen LogP contribution < -0.4 is 4.72 Å². The Morgan fingerprint density at radius 1 is 1.30 bits per heavy atom. The van der Waals surface area contributed by atoms with E-state index in [4.69, 9.17) is 5.11 Å².